The predicted octanol–water partition coefficient (Wildman–Crippen LogP) is 3.08. The number of nitrogens with zero attached hydrogens (tertiary/aromatic N) is 2. The van der Waals surface area contributed by atoms with Crippen LogP contribution in [0.5, 0.6) is 5.75 Å². The molecule has 1 N–H and O–H groups in total. The average Bonchev–Trinajstić information content (AvgIpc) is 2.81. The van der Waals surface area contributed by atoms with Crippen LogP contribution in [0.15, 0.2) is 30.6 Å². The van der Waals surface area contributed by atoms with Crippen molar-refractivity contribution in [2.45, 2.75) is 40.3 Å². The lowest BCUT2D eigenvalue weighted by atomic mass is 10.2. The van der Waals surface area contributed by atoms with Crippen LogP contribution in [-0.4, -0.2) is 22.7 Å². The van der Waals surface area contributed by atoms with Gasteiger partial charge in [0, 0.05) is 12.2 Å². The third kappa shape index (κ3) is 4.60. The van der Waals surface area contributed by atoms with Crippen molar-refractivity contribution in [1.29, 1.82) is 0 Å². The molecule has 2 rings (SSSR count). The quantitative estimate of drug-likeness (QED) is 0.758. The molecule has 0 spiro atoms. The Hall–Kier alpha value is -1.81. The Labute approximate surface area is 127 Å². The molecule has 0 aliphatic heterocycles. The number of benzene rings is 1. The zero-order chi connectivity index (χ0) is 15.1. The first-order valence-electron chi connectivity index (χ1n) is 7.61. The molecule has 0 aliphatic carbocycles. The van der Waals surface area contributed by atoms with Gasteiger partial charge in [-0.15, -0.1) is 0 Å². The second kappa shape index (κ2) is 7.84. The summed E-state index contributed by atoms with van der Waals surface area (Å²) in [6.07, 6.45) is 3.03. The lowest BCUT2D eigenvalue weighted by Gasteiger charge is -2.09. The van der Waals surface area contributed by atoms with Crippen LogP contribution < -0.4 is 10.1 Å². The monoisotopic (exact) mass is 287 g/mol. The molecule has 0 radical (unpaired) electrons. The van der Waals surface area contributed by atoms with Crippen LogP contribution in [0.3, 0.4) is 0 Å². The van der Waals surface area contributed by atoms with Gasteiger partial charge in [-0.05, 0) is 44.5 Å². The maximum absolute atomic E-state index is 5.79. The number of hydrogen-bond donors (Lipinski definition) is 1. The third-order valence-electron chi connectivity index (χ3n) is 3.63. The van der Waals surface area contributed by atoms with Gasteiger partial charge in [0.1, 0.15) is 12.4 Å². The summed E-state index contributed by atoms with van der Waals surface area (Å²) in [6, 6.07) is 8.30. The van der Waals surface area contributed by atoms with E-state index in [1.807, 2.05) is 25.4 Å². The highest BCUT2D eigenvalue weighted by molar-refractivity contribution is 5.27. The molecule has 0 atom stereocenters. The molecular formula is C17H25N3O. The molecule has 1 aromatic heterocycles. The fourth-order valence-corrected chi connectivity index (χ4v) is 2.14. The van der Waals surface area contributed by atoms with E-state index in [-0.39, 0.29) is 0 Å². The summed E-state index contributed by atoms with van der Waals surface area (Å²) < 4.78 is 7.91. The van der Waals surface area contributed by atoms with Crippen LogP contribution >= 0.6 is 0 Å². The highest BCUT2D eigenvalue weighted by Gasteiger charge is 2.02. The van der Waals surface area contributed by atoms with E-state index < -0.39 is 0 Å². The van der Waals surface area contributed by atoms with Crippen LogP contribution in [-0.2, 0) is 13.1 Å². The van der Waals surface area contributed by atoms with Gasteiger partial charge in [0.15, 0.2) is 0 Å². The van der Waals surface area contributed by atoms with Crippen molar-refractivity contribution < 1.29 is 4.74 Å². The smallest absolute Gasteiger partial charge is 0.119 e. The van der Waals surface area contributed by atoms with Crippen LogP contribution in [0.25, 0.3) is 0 Å². The fourth-order valence-electron chi connectivity index (χ4n) is 2.14. The molecule has 0 unspecified atom stereocenters. The van der Waals surface area contributed by atoms with Gasteiger partial charge in [0.2, 0.25) is 0 Å². The van der Waals surface area contributed by atoms with Gasteiger partial charge in [-0.25, -0.2) is 4.98 Å². The number of hydrogen-bond acceptors (Lipinski definition) is 3. The van der Waals surface area contributed by atoms with Gasteiger partial charge in [0.05, 0.1) is 18.6 Å². The summed E-state index contributed by atoms with van der Waals surface area (Å²) in [6.45, 7) is 9.74. The van der Waals surface area contributed by atoms with E-state index >= 15 is 0 Å². The summed E-state index contributed by atoms with van der Waals surface area (Å²) in [5.41, 5.74) is 3.58. The topological polar surface area (TPSA) is 39.1 Å². The Balaban J connectivity index is 1.77. The van der Waals surface area contributed by atoms with Gasteiger partial charge in [0.25, 0.3) is 0 Å². The van der Waals surface area contributed by atoms with Crippen LogP contribution in [0, 0.1) is 13.8 Å². The lowest BCUT2D eigenvalue weighted by Crippen LogP contribution is -2.13. The molecule has 0 bridgehead atoms. The highest BCUT2D eigenvalue weighted by Crippen LogP contribution is 2.12. The van der Waals surface area contributed by atoms with Gasteiger partial charge >= 0.3 is 0 Å². The van der Waals surface area contributed by atoms with Gasteiger partial charge in [-0.1, -0.05) is 19.1 Å². The number of rotatable bonds is 8. The summed E-state index contributed by atoms with van der Waals surface area (Å²) in [5.74, 6) is 0.920. The second-order valence-corrected chi connectivity index (χ2v) is 5.28. The molecule has 0 aliphatic rings. The van der Waals surface area contributed by atoms with Crippen molar-refractivity contribution in [2.24, 2.45) is 0 Å². The largest absolute Gasteiger partial charge is 0.492 e. The average molecular weight is 287 g/mol. The minimum atomic E-state index is 0.657. The molecule has 1 aromatic carbocycles. The van der Waals surface area contributed by atoms with Gasteiger partial charge < -0.3 is 14.6 Å². The summed E-state index contributed by atoms with van der Waals surface area (Å²) in [4.78, 5) is 4.29. The first-order chi connectivity index (χ1) is 10.2. The first-order valence-corrected chi connectivity index (χ1v) is 7.61. The summed E-state index contributed by atoms with van der Waals surface area (Å²) in [5, 5.41) is 3.39. The summed E-state index contributed by atoms with van der Waals surface area (Å²) >= 11 is 0. The van der Waals surface area contributed by atoms with Crippen molar-refractivity contribution in [3.8, 4) is 5.75 Å². The SMILES string of the molecule is CCCNCc1ccc(OCCn2cnc(C)c2C)cc1. The van der Waals surface area contributed by atoms with E-state index in [1.165, 1.54) is 11.3 Å². The Kier molecular flexibility index (Phi) is 5.81. The van der Waals surface area contributed by atoms with Crippen LogP contribution in [0.1, 0.15) is 30.3 Å². The van der Waals surface area contributed by atoms with E-state index in [0.29, 0.717) is 6.61 Å². The van der Waals surface area contributed by atoms with Crippen LogP contribution in [0.2, 0.25) is 0 Å². The van der Waals surface area contributed by atoms with E-state index in [2.05, 4.69) is 40.8 Å². The lowest BCUT2D eigenvalue weighted by molar-refractivity contribution is 0.297. The zero-order valence-corrected chi connectivity index (χ0v) is 13.2. The molecule has 114 valence electrons. The first kappa shape index (κ1) is 15.6. The van der Waals surface area contributed by atoms with Crippen molar-refractivity contribution in [2.75, 3.05) is 13.2 Å². The standard InChI is InChI=1S/C17H25N3O/c1-4-9-18-12-16-5-7-17(8-6-16)21-11-10-20-13-19-14(2)15(20)3/h5-8,13,18H,4,9-12H2,1-3H3. The molecule has 2 aromatic rings. The highest BCUT2D eigenvalue weighted by atomic mass is 16.5. The molecular weight excluding hydrogens is 262 g/mol. The van der Waals surface area contributed by atoms with Gasteiger partial charge in [-0.2, -0.15) is 0 Å². The normalized spacial score (nSPS) is 10.8. The molecule has 0 amide bonds. The zero-order valence-electron chi connectivity index (χ0n) is 13.2. The van der Waals surface area contributed by atoms with E-state index in [0.717, 1.165) is 37.5 Å². The molecule has 0 fully saturated rings. The number of aryl methyl sites for hydroxylation is 1. The number of nitrogens with one attached hydrogen (secondary N) is 1. The molecule has 4 nitrogen and oxygen atoms in total. The van der Waals surface area contributed by atoms with Crippen LogP contribution in [0.4, 0.5) is 0 Å². The van der Waals surface area contributed by atoms with Crippen molar-refractivity contribution in [3.05, 3.63) is 47.5 Å². The van der Waals surface area contributed by atoms with Gasteiger partial charge in [-0.3, -0.25) is 0 Å². The predicted molar refractivity (Wildman–Crippen MR) is 85.6 cm³/mol. The van der Waals surface area contributed by atoms with E-state index in [4.69, 9.17) is 4.74 Å². The molecule has 0 saturated carbocycles. The Morgan fingerprint density at radius 2 is 1.95 bits per heavy atom. The number of ether oxygens (including phenoxy) is 1. The summed E-state index contributed by atoms with van der Waals surface area (Å²) in [7, 11) is 0. The molecule has 1 heterocycles. The molecule has 4 heteroatoms. The van der Waals surface area contributed by atoms with Crippen molar-refractivity contribution >= 4 is 0 Å². The van der Waals surface area contributed by atoms with E-state index in [1.54, 1.807) is 0 Å². The van der Waals surface area contributed by atoms with Crippen molar-refractivity contribution in [3.63, 3.8) is 0 Å². The maximum atomic E-state index is 5.79. The molecule has 21 heavy (non-hydrogen) atoms. The van der Waals surface area contributed by atoms with Crippen molar-refractivity contribution in [1.82, 2.24) is 14.9 Å². The Morgan fingerprint density at radius 3 is 2.57 bits per heavy atom. The molecule has 0 saturated heterocycles. The number of imidazole rings is 1. The minimum absolute atomic E-state index is 0.657. The van der Waals surface area contributed by atoms with E-state index in [9.17, 15) is 0 Å². The fraction of sp³-hybridized carbons (Fsp3) is 0.471. The Morgan fingerprint density at radius 1 is 1.19 bits per heavy atom. The minimum Gasteiger partial charge on any atom is -0.492 e. The second-order valence-electron chi connectivity index (χ2n) is 5.28. The number of aromatic nitrogens is 2. The maximum Gasteiger partial charge on any atom is 0.119 e. The third-order valence-corrected chi connectivity index (χ3v) is 3.63. The Bertz CT molecular complexity index is 546.